The number of rotatable bonds is 4. The van der Waals surface area contributed by atoms with Crippen molar-refractivity contribution in [3.05, 3.63) is 64.6 Å². The summed E-state index contributed by atoms with van der Waals surface area (Å²) in [6.07, 6.45) is -0.00455. The SMILES string of the molecule is CC(=O)N(C)c1ccccc1NC(=O)Cc1n[nH]c(=O)c2ccccc12. The zero-order valence-corrected chi connectivity index (χ0v) is 14.4. The molecule has 0 aliphatic carbocycles. The molecule has 0 fully saturated rings. The predicted molar refractivity (Wildman–Crippen MR) is 100 cm³/mol. The minimum atomic E-state index is -0.293. The van der Waals surface area contributed by atoms with Gasteiger partial charge in [0.15, 0.2) is 0 Å². The third kappa shape index (κ3) is 3.46. The summed E-state index contributed by atoms with van der Waals surface area (Å²) < 4.78 is 0. The van der Waals surface area contributed by atoms with E-state index in [0.29, 0.717) is 27.8 Å². The van der Waals surface area contributed by atoms with Crippen molar-refractivity contribution in [2.75, 3.05) is 17.3 Å². The van der Waals surface area contributed by atoms with Gasteiger partial charge in [0.05, 0.1) is 28.9 Å². The Balaban J connectivity index is 1.86. The maximum Gasteiger partial charge on any atom is 0.272 e. The molecule has 0 aliphatic rings. The molecule has 0 aliphatic heterocycles. The van der Waals surface area contributed by atoms with Gasteiger partial charge in [0, 0.05) is 19.4 Å². The van der Waals surface area contributed by atoms with Gasteiger partial charge in [-0.05, 0) is 18.2 Å². The van der Waals surface area contributed by atoms with Crippen molar-refractivity contribution in [1.82, 2.24) is 10.2 Å². The van der Waals surface area contributed by atoms with E-state index in [1.54, 1.807) is 55.6 Å². The molecular formula is C19H18N4O3. The van der Waals surface area contributed by atoms with Crippen molar-refractivity contribution in [2.24, 2.45) is 0 Å². The Bertz CT molecular complexity index is 1040. The highest BCUT2D eigenvalue weighted by molar-refractivity contribution is 6.01. The molecule has 26 heavy (non-hydrogen) atoms. The molecule has 0 bridgehead atoms. The maximum atomic E-state index is 12.5. The van der Waals surface area contributed by atoms with Crippen molar-refractivity contribution in [3.63, 3.8) is 0 Å². The lowest BCUT2D eigenvalue weighted by Crippen LogP contribution is -2.25. The Morgan fingerprint density at radius 1 is 1.08 bits per heavy atom. The highest BCUT2D eigenvalue weighted by Crippen LogP contribution is 2.25. The largest absolute Gasteiger partial charge is 0.324 e. The minimum Gasteiger partial charge on any atom is -0.324 e. The number of para-hydroxylation sites is 2. The van der Waals surface area contributed by atoms with E-state index in [2.05, 4.69) is 15.5 Å². The third-order valence-electron chi connectivity index (χ3n) is 4.11. The second kappa shape index (κ2) is 7.18. The quantitative estimate of drug-likeness (QED) is 0.753. The molecule has 0 unspecified atom stereocenters. The second-order valence-electron chi connectivity index (χ2n) is 5.87. The Labute approximate surface area is 149 Å². The molecule has 2 N–H and O–H groups in total. The Hall–Kier alpha value is -3.48. The molecule has 3 aromatic rings. The fraction of sp³-hybridized carbons (Fsp3) is 0.158. The lowest BCUT2D eigenvalue weighted by molar-refractivity contribution is -0.117. The van der Waals surface area contributed by atoms with Crippen LogP contribution in [0.25, 0.3) is 10.8 Å². The number of nitrogens with one attached hydrogen (secondary N) is 2. The molecule has 2 aromatic carbocycles. The summed E-state index contributed by atoms with van der Waals surface area (Å²) in [7, 11) is 1.64. The molecule has 7 nitrogen and oxygen atoms in total. The third-order valence-corrected chi connectivity index (χ3v) is 4.11. The molecule has 1 heterocycles. The number of benzene rings is 2. The first-order valence-corrected chi connectivity index (χ1v) is 8.07. The first kappa shape index (κ1) is 17.3. The fourth-order valence-corrected chi connectivity index (χ4v) is 2.69. The number of carbonyl (C=O) groups excluding carboxylic acids is 2. The molecule has 0 atom stereocenters. The Morgan fingerprint density at radius 2 is 1.73 bits per heavy atom. The summed E-state index contributed by atoms with van der Waals surface area (Å²) in [6, 6.07) is 14.1. The lowest BCUT2D eigenvalue weighted by Gasteiger charge is -2.19. The van der Waals surface area contributed by atoms with E-state index in [-0.39, 0.29) is 23.8 Å². The summed E-state index contributed by atoms with van der Waals surface area (Å²) in [4.78, 5) is 37.4. The van der Waals surface area contributed by atoms with Gasteiger partial charge in [0.25, 0.3) is 5.56 Å². The number of anilines is 2. The zero-order chi connectivity index (χ0) is 18.7. The Kier molecular flexibility index (Phi) is 4.79. The van der Waals surface area contributed by atoms with Gasteiger partial charge in [0.2, 0.25) is 11.8 Å². The van der Waals surface area contributed by atoms with Crippen molar-refractivity contribution in [2.45, 2.75) is 13.3 Å². The van der Waals surface area contributed by atoms with Crippen LogP contribution in [0, 0.1) is 0 Å². The number of fused-ring (bicyclic) bond motifs is 1. The zero-order valence-electron chi connectivity index (χ0n) is 14.4. The standard InChI is InChI=1S/C19H18N4O3/c1-12(24)23(2)17-10-6-5-9-15(17)20-18(25)11-16-13-7-3-4-8-14(13)19(26)22-21-16/h3-10H,11H2,1-2H3,(H,20,25)(H,22,26). The van der Waals surface area contributed by atoms with Gasteiger partial charge in [0.1, 0.15) is 0 Å². The monoisotopic (exact) mass is 350 g/mol. The molecular weight excluding hydrogens is 332 g/mol. The molecule has 0 radical (unpaired) electrons. The van der Waals surface area contributed by atoms with Gasteiger partial charge in [-0.2, -0.15) is 5.10 Å². The topological polar surface area (TPSA) is 95.2 Å². The maximum absolute atomic E-state index is 12.5. The van der Waals surface area contributed by atoms with Crippen LogP contribution in [-0.2, 0) is 16.0 Å². The number of amides is 2. The number of nitrogens with zero attached hydrogens (tertiary/aromatic N) is 2. The summed E-state index contributed by atoms with van der Waals surface area (Å²) >= 11 is 0. The predicted octanol–water partition coefficient (Wildman–Crippen LogP) is 2.09. The first-order chi connectivity index (χ1) is 12.5. The van der Waals surface area contributed by atoms with Crippen molar-refractivity contribution >= 4 is 34.0 Å². The number of hydrogen-bond acceptors (Lipinski definition) is 4. The summed E-state index contributed by atoms with van der Waals surface area (Å²) in [5.74, 6) is -0.431. The van der Waals surface area contributed by atoms with Crippen molar-refractivity contribution < 1.29 is 9.59 Å². The highest BCUT2D eigenvalue weighted by atomic mass is 16.2. The Morgan fingerprint density at radius 3 is 2.46 bits per heavy atom. The van der Waals surface area contributed by atoms with E-state index < -0.39 is 0 Å². The molecule has 2 amide bonds. The van der Waals surface area contributed by atoms with E-state index >= 15 is 0 Å². The number of hydrogen-bond donors (Lipinski definition) is 2. The fourth-order valence-electron chi connectivity index (χ4n) is 2.69. The normalized spacial score (nSPS) is 10.5. The summed E-state index contributed by atoms with van der Waals surface area (Å²) in [6.45, 7) is 1.45. The van der Waals surface area contributed by atoms with E-state index in [1.165, 1.54) is 11.8 Å². The second-order valence-corrected chi connectivity index (χ2v) is 5.87. The van der Waals surface area contributed by atoms with Crippen LogP contribution in [0.5, 0.6) is 0 Å². The van der Waals surface area contributed by atoms with E-state index in [4.69, 9.17) is 0 Å². The average Bonchev–Trinajstić information content (AvgIpc) is 2.64. The molecule has 132 valence electrons. The molecule has 7 heteroatoms. The van der Waals surface area contributed by atoms with Crippen LogP contribution in [0.1, 0.15) is 12.6 Å². The number of aromatic nitrogens is 2. The van der Waals surface area contributed by atoms with Crippen LogP contribution in [0.15, 0.2) is 53.3 Å². The summed E-state index contributed by atoms with van der Waals surface area (Å²) in [5.41, 5.74) is 1.32. The smallest absolute Gasteiger partial charge is 0.272 e. The average molecular weight is 350 g/mol. The van der Waals surface area contributed by atoms with E-state index in [0.717, 1.165) is 0 Å². The number of H-pyrrole nitrogens is 1. The molecule has 1 aromatic heterocycles. The molecule has 0 spiro atoms. The number of carbonyl (C=O) groups is 2. The van der Waals surface area contributed by atoms with Gasteiger partial charge in [-0.25, -0.2) is 5.10 Å². The van der Waals surface area contributed by atoms with Gasteiger partial charge < -0.3 is 10.2 Å². The van der Waals surface area contributed by atoms with Gasteiger partial charge in [-0.1, -0.05) is 30.3 Å². The van der Waals surface area contributed by atoms with E-state index in [1.807, 2.05) is 0 Å². The van der Waals surface area contributed by atoms with Gasteiger partial charge in [-0.15, -0.1) is 0 Å². The molecule has 0 saturated carbocycles. The highest BCUT2D eigenvalue weighted by Gasteiger charge is 2.15. The van der Waals surface area contributed by atoms with Crippen LogP contribution in [0.3, 0.4) is 0 Å². The molecule has 3 rings (SSSR count). The van der Waals surface area contributed by atoms with Crippen molar-refractivity contribution in [3.8, 4) is 0 Å². The number of aromatic amines is 1. The lowest BCUT2D eigenvalue weighted by atomic mass is 10.1. The van der Waals surface area contributed by atoms with Crippen LogP contribution in [0.2, 0.25) is 0 Å². The summed E-state index contributed by atoms with van der Waals surface area (Å²) in [5, 5.41) is 10.4. The van der Waals surface area contributed by atoms with Crippen LogP contribution >= 0.6 is 0 Å². The van der Waals surface area contributed by atoms with Gasteiger partial charge in [-0.3, -0.25) is 14.4 Å². The first-order valence-electron chi connectivity index (χ1n) is 8.07. The molecule has 0 saturated heterocycles. The van der Waals surface area contributed by atoms with Crippen LogP contribution < -0.4 is 15.8 Å². The minimum absolute atomic E-state index is 0.00455. The van der Waals surface area contributed by atoms with E-state index in [9.17, 15) is 14.4 Å². The van der Waals surface area contributed by atoms with Crippen LogP contribution in [-0.4, -0.2) is 29.1 Å². The van der Waals surface area contributed by atoms with Gasteiger partial charge >= 0.3 is 0 Å². The van der Waals surface area contributed by atoms with Crippen molar-refractivity contribution in [1.29, 1.82) is 0 Å². The van der Waals surface area contributed by atoms with Crippen LogP contribution in [0.4, 0.5) is 11.4 Å².